The molecular weight excluding hydrogens is 392 g/mol. The lowest BCUT2D eigenvalue weighted by atomic mass is 9.82. The van der Waals surface area contributed by atoms with Crippen molar-refractivity contribution in [3.8, 4) is 0 Å². The van der Waals surface area contributed by atoms with Gasteiger partial charge in [0.25, 0.3) is 0 Å². The van der Waals surface area contributed by atoms with Crippen LogP contribution in [0.4, 0.5) is 17.6 Å². The van der Waals surface area contributed by atoms with Gasteiger partial charge < -0.3 is 5.11 Å². The van der Waals surface area contributed by atoms with Gasteiger partial charge in [-0.25, -0.2) is 4.39 Å². The number of hydrogen-bond acceptors (Lipinski definition) is 3. The summed E-state index contributed by atoms with van der Waals surface area (Å²) in [4.78, 5) is 13.1. The number of halogens is 4. The highest BCUT2D eigenvalue weighted by molar-refractivity contribution is 7.99. The van der Waals surface area contributed by atoms with Crippen molar-refractivity contribution in [3.63, 3.8) is 0 Å². The van der Waals surface area contributed by atoms with E-state index in [2.05, 4.69) is 0 Å². The molecule has 0 amide bonds. The minimum Gasteiger partial charge on any atom is -0.512 e. The Hall–Kier alpha value is -2.02. The van der Waals surface area contributed by atoms with E-state index in [9.17, 15) is 27.5 Å². The van der Waals surface area contributed by atoms with Gasteiger partial charge >= 0.3 is 6.18 Å². The van der Waals surface area contributed by atoms with Gasteiger partial charge in [-0.15, -0.1) is 11.8 Å². The van der Waals surface area contributed by atoms with Gasteiger partial charge in [0, 0.05) is 23.3 Å². The van der Waals surface area contributed by atoms with Crippen molar-refractivity contribution in [2.45, 2.75) is 44.2 Å². The van der Waals surface area contributed by atoms with Gasteiger partial charge in [0.15, 0.2) is 5.78 Å². The summed E-state index contributed by atoms with van der Waals surface area (Å²) in [5, 5.41) is 10.3. The first kappa shape index (κ1) is 22.3. The summed E-state index contributed by atoms with van der Waals surface area (Å²) in [5.74, 6) is -0.422. The number of Topliss-reactive ketones (excluding diaryl/α,β-unsaturated/α-hetero) is 1. The van der Waals surface area contributed by atoms with Crippen LogP contribution < -0.4 is 0 Å². The van der Waals surface area contributed by atoms with E-state index in [-0.39, 0.29) is 41.4 Å². The lowest BCUT2D eigenvalue weighted by Crippen LogP contribution is -2.21. The van der Waals surface area contributed by atoms with Crippen LogP contribution in [0.25, 0.3) is 0 Å². The third-order valence-electron chi connectivity index (χ3n) is 4.57. The summed E-state index contributed by atoms with van der Waals surface area (Å²) in [5.41, 5.74) is -0.530. The van der Waals surface area contributed by atoms with Crippen LogP contribution in [0.1, 0.15) is 38.7 Å². The van der Waals surface area contributed by atoms with E-state index in [1.165, 1.54) is 43.0 Å². The summed E-state index contributed by atoms with van der Waals surface area (Å²) in [6.07, 6.45) is -0.531. The molecule has 1 aromatic carbocycles. The van der Waals surface area contributed by atoms with Crippen LogP contribution in [0.5, 0.6) is 0 Å². The highest BCUT2D eigenvalue weighted by atomic mass is 32.2. The van der Waals surface area contributed by atoms with Crippen molar-refractivity contribution >= 4 is 17.5 Å². The normalized spacial score (nSPS) is 19.4. The Morgan fingerprint density at radius 1 is 1.18 bits per heavy atom. The Morgan fingerprint density at radius 2 is 1.82 bits per heavy atom. The Morgan fingerprint density at radius 3 is 2.32 bits per heavy atom. The fraction of sp³-hybridized carbons (Fsp3) is 0.381. The molecule has 0 aliphatic heterocycles. The van der Waals surface area contributed by atoms with E-state index in [1.807, 2.05) is 0 Å². The molecule has 1 aliphatic rings. The topological polar surface area (TPSA) is 37.3 Å². The molecule has 1 aliphatic carbocycles. The molecule has 0 spiro atoms. The number of carbonyl (C=O) groups is 1. The van der Waals surface area contributed by atoms with Crippen molar-refractivity contribution in [2.24, 2.45) is 5.92 Å². The fourth-order valence-electron chi connectivity index (χ4n) is 3.12. The average molecular weight is 414 g/mol. The SMILES string of the molecule is C/C=C(C1=C(O)CC(CCSc2ccc(C(F)(F)F)cc2)CC1=O)\C(F)=C/C. The summed E-state index contributed by atoms with van der Waals surface area (Å²) >= 11 is 1.40. The van der Waals surface area contributed by atoms with Crippen LogP contribution in [0.15, 0.2) is 64.0 Å². The second-order valence-corrected chi connectivity index (χ2v) is 7.69. The highest BCUT2D eigenvalue weighted by Crippen LogP contribution is 2.36. The molecule has 1 aromatic rings. The van der Waals surface area contributed by atoms with Gasteiger partial charge in [-0.3, -0.25) is 4.79 Å². The minimum atomic E-state index is -4.36. The van der Waals surface area contributed by atoms with Crippen molar-refractivity contribution in [2.75, 3.05) is 5.75 Å². The minimum absolute atomic E-state index is 0.0461. The molecule has 0 saturated heterocycles. The molecule has 0 saturated carbocycles. The maximum absolute atomic E-state index is 13.9. The summed E-state index contributed by atoms with van der Waals surface area (Å²) < 4.78 is 51.7. The predicted molar refractivity (Wildman–Crippen MR) is 103 cm³/mol. The zero-order chi connectivity index (χ0) is 20.9. The lowest BCUT2D eigenvalue weighted by Gasteiger charge is -2.24. The third kappa shape index (κ3) is 5.50. The first-order chi connectivity index (χ1) is 13.2. The number of alkyl halides is 3. The Kier molecular flexibility index (Phi) is 7.52. The van der Waals surface area contributed by atoms with Crippen molar-refractivity contribution in [1.82, 2.24) is 0 Å². The molecule has 2 nitrogen and oxygen atoms in total. The van der Waals surface area contributed by atoms with Gasteiger partial charge in [0.2, 0.25) is 0 Å². The van der Waals surface area contributed by atoms with Crippen LogP contribution in [0, 0.1) is 5.92 Å². The largest absolute Gasteiger partial charge is 0.512 e. The second kappa shape index (κ2) is 9.45. The zero-order valence-corrected chi connectivity index (χ0v) is 16.5. The maximum atomic E-state index is 13.9. The van der Waals surface area contributed by atoms with Crippen LogP contribution in [-0.2, 0) is 11.0 Å². The smallest absolute Gasteiger partial charge is 0.416 e. The number of thioether (sulfide) groups is 1. The molecule has 0 fully saturated rings. The van der Waals surface area contributed by atoms with E-state index >= 15 is 0 Å². The van der Waals surface area contributed by atoms with E-state index in [1.54, 1.807) is 6.92 Å². The maximum Gasteiger partial charge on any atom is 0.416 e. The number of carbonyl (C=O) groups excluding carboxylic acids is 1. The predicted octanol–water partition coefficient (Wildman–Crippen LogP) is 6.80. The second-order valence-electron chi connectivity index (χ2n) is 6.52. The van der Waals surface area contributed by atoms with Gasteiger partial charge in [0.05, 0.1) is 11.1 Å². The molecule has 1 N–H and O–H groups in total. The molecular formula is C21H22F4O2S. The number of hydrogen-bond donors (Lipinski definition) is 1. The third-order valence-corrected chi connectivity index (χ3v) is 5.61. The number of benzene rings is 1. The van der Waals surface area contributed by atoms with Crippen LogP contribution in [0.3, 0.4) is 0 Å². The number of aliphatic hydroxyl groups excluding tert-OH is 1. The van der Waals surface area contributed by atoms with E-state index in [0.717, 1.165) is 12.1 Å². The van der Waals surface area contributed by atoms with Crippen LogP contribution >= 0.6 is 11.8 Å². The molecule has 7 heteroatoms. The fourth-order valence-corrected chi connectivity index (χ4v) is 4.14. The summed E-state index contributed by atoms with van der Waals surface area (Å²) in [6, 6.07) is 4.93. The van der Waals surface area contributed by atoms with E-state index in [0.29, 0.717) is 17.1 Å². The Balaban J connectivity index is 1.96. The summed E-state index contributed by atoms with van der Waals surface area (Å²) in [7, 11) is 0. The van der Waals surface area contributed by atoms with Gasteiger partial charge in [-0.05, 0) is 56.2 Å². The molecule has 0 aromatic heterocycles. The van der Waals surface area contributed by atoms with Crippen LogP contribution in [-0.4, -0.2) is 16.6 Å². The quantitative estimate of drug-likeness (QED) is 0.316. The molecule has 28 heavy (non-hydrogen) atoms. The van der Waals surface area contributed by atoms with Crippen molar-refractivity contribution in [3.05, 3.63) is 64.7 Å². The molecule has 2 rings (SSSR count). The highest BCUT2D eigenvalue weighted by Gasteiger charge is 2.31. The molecule has 0 radical (unpaired) electrons. The number of rotatable bonds is 6. The number of ketones is 1. The van der Waals surface area contributed by atoms with Crippen molar-refractivity contribution in [1.29, 1.82) is 0 Å². The zero-order valence-electron chi connectivity index (χ0n) is 15.6. The summed E-state index contributed by atoms with van der Waals surface area (Å²) in [6.45, 7) is 3.13. The monoisotopic (exact) mass is 414 g/mol. The van der Waals surface area contributed by atoms with Gasteiger partial charge in [-0.2, -0.15) is 13.2 Å². The lowest BCUT2D eigenvalue weighted by molar-refractivity contribution is -0.137. The Bertz CT molecular complexity index is 805. The van der Waals surface area contributed by atoms with E-state index < -0.39 is 17.6 Å². The van der Waals surface area contributed by atoms with Crippen molar-refractivity contribution < 1.29 is 27.5 Å². The standard InChI is InChI=1S/C21H22F4O2S/c1-3-16(17(22)4-2)20-18(26)11-13(12-19(20)27)9-10-28-15-7-5-14(6-8-15)21(23,24)25/h3-8,13,26H,9-12H2,1-2H3/b16-3+,17-4+. The number of aliphatic hydroxyl groups is 1. The average Bonchev–Trinajstić information content (AvgIpc) is 2.63. The van der Waals surface area contributed by atoms with Gasteiger partial charge in [-0.1, -0.05) is 12.2 Å². The first-order valence-electron chi connectivity index (χ1n) is 8.91. The number of allylic oxidation sites excluding steroid dienone is 6. The molecule has 152 valence electrons. The molecule has 0 heterocycles. The molecule has 0 bridgehead atoms. The van der Waals surface area contributed by atoms with Crippen LogP contribution in [0.2, 0.25) is 0 Å². The first-order valence-corrected chi connectivity index (χ1v) is 9.90. The van der Waals surface area contributed by atoms with Gasteiger partial charge in [0.1, 0.15) is 11.6 Å². The Labute approximate surface area is 166 Å². The molecule has 1 atom stereocenters. The molecule has 1 unspecified atom stereocenters. The van der Waals surface area contributed by atoms with E-state index in [4.69, 9.17) is 0 Å².